The summed E-state index contributed by atoms with van der Waals surface area (Å²) < 4.78 is 4.47. The van der Waals surface area contributed by atoms with Gasteiger partial charge in [-0.3, -0.25) is 0 Å². The summed E-state index contributed by atoms with van der Waals surface area (Å²) in [6.07, 6.45) is 0.894. The van der Waals surface area contributed by atoms with E-state index in [1.54, 1.807) is 16.0 Å². The Labute approximate surface area is 146 Å². The minimum atomic E-state index is 0.743. The number of nitrogens with zero attached hydrogens (tertiary/aromatic N) is 5. The molecule has 21 heavy (non-hydrogen) atoms. The monoisotopic (exact) mass is 445 g/mol. The highest BCUT2D eigenvalue weighted by Crippen LogP contribution is 2.36. The number of halogens is 2. The van der Waals surface area contributed by atoms with Crippen LogP contribution in [0.4, 0.5) is 0 Å². The quantitative estimate of drug-likeness (QED) is 0.591. The Morgan fingerprint density at radius 1 is 1.19 bits per heavy atom. The van der Waals surface area contributed by atoms with E-state index in [1.165, 1.54) is 17.3 Å². The zero-order valence-corrected chi connectivity index (χ0v) is 15.4. The first kappa shape index (κ1) is 15.1. The summed E-state index contributed by atoms with van der Waals surface area (Å²) in [6.45, 7) is 0.743. The first-order valence-electron chi connectivity index (χ1n) is 6.02. The number of benzene rings is 1. The molecule has 0 aliphatic heterocycles. The van der Waals surface area contributed by atoms with Gasteiger partial charge in [-0.2, -0.15) is 0 Å². The largest absolute Gasteiger partial charge is 0.221 e. The van der Waals surface area contributed by atoms with Crippen molar-refractivity contribution in [3.05, 3.63) is 44.3 Å². The third-order valence-corrected chi connectivity index (χ3v) is 6.77. The average Bonchev–Trinajstić information content (AvgIpc) is 3.05. The van der Waals surface area contributed by atoms with Crippen molar-refractivity contribution in [2.45, 2.75) is 22.5 Å². The van der Waals surface area contributed by atoms with Gasteiger partial charge in [0.15, 0.2) is 4.34 Å². The maximum atomic E-state index is 4.39. The minimum absolute atomic E-state index is 0.743. The van der Waals surface area contributed by atoms with Crippen molar-refractivity contribution in [3.8, 4) is 0 Å². The molecule has 0 spiro atoms. The third-order valence-electron chi connectivity index (χ3n) is 2.66. The topological polar surface area (TPSA) is 56.5 Å². The van der Waals surface area contributed by atoms with Crippen molar-refractivity contribution in [3.63, 3.8) is 0 Å². The highest BCUT2D eigenvalue weighted by Gasteiger charge is 2.13. The molecule has 0 amide bonds. The first-order chi connectivity index (χ1) is 10.2. The van der Waals surface area contributed by atoms with Crippen LogP contribution in [0.1, 0.15) is 5.56 Å². The fourth-order valence-corrected chi connectivity index (χ4v) is 4.87. The van der Waals surface area contributed by atoms with Crippen LogP contribution in [-0.4, -0.2) is 25.2 Å². The highest BCUT2D eigenvalue weighted by molar-refractivity contribution is 9.13. The van der Waals surface area contributed by atoms with Gasteiger partial charge in [0.25, 0.3) is 0 Å². The zero-order chi connectivity index (χ0) is 14.7. The molecule has 3 aromatic rings. The van der Waals surface area contributed by atoms with E-state index in [9.17, 15) is 0 Å². The van der Waals surface area contributed by atoms with Crippen LogP contribution >= 0.6 is 55.0 Å². The Bertz CT molecular complexity index is 709. The fourth-order valence-electron chi connectivity index (χ4n) is 1.68. The van der Waals surface area contributed by atoms with Gasteiger partial charge < -0.3 is 0 Å². The number of rotatable bonds is 5. The Morgan fingerprint density at radius 3 is 2.71 bits per heavy atom. The molecule has 0 radical (unpaired) electrons. The van der Waals surface area contributed by atoms with Gasteiger partial charge in [0.2, 0.25) is 5.16 Å². The summed E-state index contributed by atoms with van der Waals surface area (Å²) in [7, 11) is 0. The summed E-state index contributed by atoms with van der Waals surface area (Å²) in [5.41, 5.74) is 1.27. The van der Waals surface area contributed by atoms with Crippen molar-refractivity contribution >= 4 is 55.0 Å². The van der Waals surface area contributed by atoms with Crippen LogP contribution in [0, 0.1) is 0 Å². The zero-order valence-electron chi connectivity index (χ0n) is 10.6. The SMILES string of the molecule is Brc1nc(Sc2nnnn2CCc2ccccc2)sc1Br. The number of tetrazole rings is 1. The molecule has 0 saturated heterocycles. The molecule has 0 aliphatic rings. The second-order valence-corrected chi connectivity index (χ2v) is 8.35. The highest BCUT2D eigenvalue weighted by atomic mass is 79.9. The molecule has 0 fully saturated rings. The molecule has 0 saturated carbocycles. The van der Waals surface area contributed by atoms with Gasteiger partial charge in [0.05, 0.1) is 0 Å². The summed E-state index contributed by atoms with van der Waals surface area (Å²) in [5, 5.41) is 12.6. The van der Waals surface area contributed by atoms with Gasteiger partial charge in [0, 0.05) is 6.54 Å². The Balaban J connectivity index is 1.69. The molecular weight excluding hydrogens is 438 g/mol. The van der Waals surface area contributed by atoms with Gasteiger partial charge in [-0.05, 0) is 66.0 Å². The molecule has 0 aliphatic carbocycles. The number of aryl methyl sites for hydroxylation is 2. The molecule has 0 unspecified atom stereocenters. The maximum Gasteiger partial charge on any atom is 0.216 e. The second-order valence-electron chi connectivity index (χ2n) is 4.07. The Morgan fingerprint density at radius 2 is 2.00 bits per heavy atom. The fraction of sp³-hybridized carbons (Fsp3) is 0.167. The number of thiazole rings is 1. The molecule has 0 N–H and O–H groups in total. The molecule has 108 valence electrons. The maximum absolute atomic E-state index is 4.39. The first-order valence-corrected chi connectivity index (χ1v) is 9.24. The van der Waals surface area contributed by atoms with Crippen LogP contribution in [0.5, 0.6) is 0 Å². The Kier molecular flexibility index (Phi) is 5.04. The third kappa shape index (κ3) is 3.91. The lowest BCUT2D eigenvalue weighted by Gasteiger charge is -2.03. The summed E-state index contributed by atoms with van der Waals surface area (Å²) in [4.78, 5) is 4.39. The van der Waals surface area contributed by atoms with E-state index in [1.807, 2.05) is 18.2 Å². The lowest BCUT2D eigenvalue weighted by atomic mass is 10.2. The van der Waals surface area contributed by atoms with E-state index in [0.717, 1.165) is 30.9 Å². The summed E-state index contributed by atoms with van der Waals surface area (Å²) in [6, 6.07) is 10.3. The van der Waals surface area contributed by atoms with E-state index < -0.39 is 0 Å². The van der Waals surface area contributed by atoms with Crippen LogP contribution in [0.3, 0.4) is 0 Å². The van der Waals surface area contributed by atoms with Crippen LogP contribution < -0.4 is 0 Å². The molecule has 2 aromatic heterocycles. The molecule has 2 heterocycles. The number of hydrogen-bond donors (Lipinski definition) is 0. The molecule has 9 heteroatoms. The van der Waals surface area contributed by atoms with Crippen LogP contribution in [-0.2, 0) is 13.0 Å². The van der Waals surface area contributed by atoms with E-state index >= 15 is 0 Å². The second kappa shape index (κ2) is 6.99. The van der Waals surface area contributed by atoms with E-state index in [-0.39, 0.29) is 0 Å². The molecular formula is C12H9Br2N5S2. The van der Waals surface area contributed by atoms with Crippen LogP contribution in [0.15, 0.2) is 48.2 Å². The lowest BCUT2D eigenvalue weighted by Crippen LogP contribution is -2.05. The van der Waals surface area contributed by atoms with Crippen molar-refractivity contribution in [2.75, 3.05) is 0 Å². The predicted molar refractivity (Wildman–Crippen MR) is 89.6 cm³/mol. The molecule has 0 atom stereocenters. The van der Waals surface area contributed by atoms with Crippen molar-refractivity contribution in [2.24, 2.45) is 0 Å². The van der Waals surface area contributed by atoms with Crippen molar-refractivity contribution in [1.82, 2.24) is 25.2 Å². The Hall–Kier alpha value is -0.770. The van der Waals surface area contributed by atoms with Gasteiger partial charge >= 0.3 is 0 Å². The lowest BCUT2D eigenvalue weighted by molar-refractivity contribution is 0.548. The smallest absolute Gasteiger partial charge is 0.216 e. The van der Waals surface area contributed by atoms with Crippen molar-refractivity contribution in [1.29, 1.82) is 0 Å². The number of hydrogen-bond acceptors (Lipinski definition) is 6. The average molecular weight is 447 g/mol. The van der Waals surface area contributed by atoms with Crippen LogP contribution in [0.2, 0.25) is 0 Å². The van der Waals surface area contributed by atoms with Gasteiger partial charge in [0.1, 0.15) is 8.39 Å². The predicted octanol–water partition coefficient (Wildman–Crippen LogP) is 4.05. The van der Waals surface area contributed by atoms with E-state index in [0.29, 0.717) is 0 Å². The summed E-state index contributed by atoms with van der Waals surface area (Å²) in [5.74, 6) is 0. The van der Waals surface area contributed by atoms with E-state index in [4.69, 9.17) is 0 Å². The minimum Gasteiger partial charge on any atom is -0.221 e. The normalized spacial score (nSPS) is 11.0. The van der Waals surface area contributed by atoms with Crippen LogP contribution in [0.25, 0.3) is 0 Å². The van der Waals surface area contributed by atoms with Gasteiger partial charge in [-0.15, -0.1) is 5.10 Å². The summed E-state index contributed by atoms with van der Waals surface area (Å²) >= 11 is 9.83. The standard InChI is InChI=1S/C12H9Br2N5S2/c13-9-10(14)20-12(15-9)21-11-16-17-18-19(11)7-6-8-4-2-1-3-5-8/h1-5H,6-7H2. The molecule has 0 bridgehead atoms. The van der Waals surface area contributed by atoms with Crippen molar-refractivity contribution < 1.29 is 0 Å². The molecule has 5 nitrogen and oxygen atoms in total. The van der Waals surface area contributed by atoms with E-state index in [2.05, 4.69) is 64.5 Å². The molecule has 3 rings (SSSR count). The molecule has 1 aromatic carbocycles. The number of aromatic nitrogens is 5. The van der Waals surface area contributed by atoms with Gasteiger partial charge in [-0.1, -0.05) is 41.7 Å². The van der Waals surface area contributed by atoms with Gasteiger partial charge in [-0.25, -0.2) is 9.67 Å².